The topological polar surface area (TPSA) is 152 Å². The van der Waals surface area contributed by atoms with Crippen LogP contribution in [0.4, 0.5) is 16.2 Å². The van der Waals surface area contributed by atoms with Crippen LogP contribution in [0.15, 0.2) is 65.7 Å². The van der Waals surface area contributed by atoms with E-state index in [0.29, 0.717) is 27.9 Å². The van der Waals surface area contributed by atoms with E-state index in [1.165, 1.54) is 23.1 Å². The average Bonchev–Trinajstić information content (AvgIpc) is 3.97. The molecule has 0 aliphatic heterocycles. The van der Waals surface area contributed by atoms with Crippen molar-refractivity contribution in [1.82, 2.24) is 19.7 Å². The second-order valence-corrected chi connectivity index (χ2v) is 11.9. The van der Waals surface area contributed by atoms with Gasteiger partial charge in [0.05, 0.1) is 21.4 Å². The van der Waals surface area contributed by atoms with E-state index < -0.39 is 17.5 Å². The predicted molar refractivity (Wildman–Crippen MR) is 173 cm³/mol. The Morgan fingerprint density at radius 1 is 0.911 bits per heavy atom. The Bertz CT molecular complexity index is 1870. The monoisotopic (exact) mass is 645 g/mol. The van der Waals surface area contributed by atoms with Crippen LogP contribution in [0.5, 0.6) is 0 Å². The number of rotatable bonds is 9. The summed E-state index contributed by atoms with van der Waals surface area (Å²) < 4.78 is 1.23. The van der Waals surface area contributed by atoms with Gasteiger partial charge in [0.25, 0.3) is 11.5 Å². The van der Waals surface area contributed by atoms with Gasteiger partial charge in [-0.3, -0.25) is 19.4 Å². The largest absolute Gasteiger partial charge is 0.366 e. The molecule has 0 spiro atoms. The van der Waals surface area contributed by atoms with Gasteiger partial charge in [0.2, 0.25) is 5.91 Å². The Hall–Kier alpha value is -4.74. The Kier molecular flexibility index (Phi) is 8.30. The van der Waals surface area contributed by atoms with Crippen molar-refractivity contribution in [3.05, 3.63) is 92.5 Å². The number of hydrogen-bond acceptors (Lipinski definition) is 6. The fraction of sp³-hybridized carbons (Fsp3) is 0.250. The van der Waals surface area contributed by atoms with Crippen LogP contribution < -0.4 is 21.9 Å². The van der Waals surface area contributed by atoms with E-state index in [2.05, 4.69) is 20.7 Å². The number of nitrogens with one attached hydrogen (secondary N) is 2. The van der Waals surface area contributed by atoms with E-state index >= 15 is 0 Å². The zero-order valence-corrected chi connectivity index (χ0v) is 25.7. The van der Waals surface area contributed by atoms with Gasteiger partial charge in [-0.2, -0.15) is 5.10 Å². The normalized spacial score (nSPS) is 14.1. The van der Waals surface area contributed by atoms with Crippen LogP contribution in [0, 0.1) is 0 Å². The number of pyridine rings is 1. The summed E-state index contributed by atoms with van der Waals surface area (Å²) in [5.74, 6) is -0.730. The van der Waals surface area contributed by atoms with Gasteiger partial charge >= 0.3 is 6.03 Å². The molecule has 6 rings (SSSR count). The maximum absolute atomic E-state index is 13.6. The Morgan fingerprint density at radius 2 is 1.56 bits per heavy atom. The summed E-state index contributed by atoms with van der Waals surface area (Å²) in [6.45, 7) is 2.00. The molecular formula is C32H29Cl2N7O4. The van der Waals surface area contributed by atoms with Gasteiger partial charge in [-0.15, -0.1) is 0 Å². The summed E-state index contributed by atoms with van der Waals surface area (Å²) in [6, 6.07) is 13.5. The minimum absolute atomic E-state index is 0.0186. The minimum atomic E-state index is -0.734. The molecule has 2 heterocycles. The van der Waals surface area contributed by atoms with Gasteiger partial charge in [0.15, 0.2) is 0 Å². The van der Waals surface area contributed by atoms with Gasteiger partial charge in [-0.25, -0.2) is 9.48 Å². The van der Waals surface area contributed by atoms with Crippen molar-refractivity contribution in [2.45, 2.75) is 51.2 Å². The van der Waals surface area contributed by atoms with Crippen LogP contribution in [-0.4, -0.2) is 49.6 Å². The highest BCUT2D eigenvalue weighted by Crippen LogP contribution is 2.39. The van der Waals surface area contributed by atoms with Crippen molar-refractivity contribution >= 4 is 52.4 Å². The first kappa shape index (κ1) is 30.3. The molecule has 4 N–H and O–H groups in total. The third-order valence-electron chi connectivity index (χ3n) is 7.69. The molecule has 2 aliphatic carbocycles. The lowest BCUT2D eigenvalue weighted by atomic mass is 9.96. The molecule has 0 saturated heterocycles. The van der Waals surface area contributed by atoms with Crippen molar-refractivity contribution in [3.63, 3.8) is 0 Å². The molecule has 2 aromatic carbocycles. The Balaban J connectivity index is 1.33. The van der Waals surface area contributed by atoms with Gasteiger partial charge in [0.1, 0.15) is 5.69 Å². The molecule has 2 aliphatic rings. The molecule has 230 valence electrons. The first-order valence-electron chi connectivity index (χ1n) is 14.5. The van der Waals surface area contributed by atoms with Crippen LogP contribution >= 0.6 is 23.2 Å². The van der Waals surface area contributed by atoms with Gasteiger partial charge in [0, 0.05) is 47.7 Å². The number of urea groups is 1. The van der Waals surface area contributed by atoms with Crippen molar-refractivity contribution in [1.29, 1.82) is 0 Å². The second kappa shape index (κ2) is 12.3. The summed E-state index contributed by atoms with van der Waals surface area (Å²) in [5.41, 5.74) is 8.33. The number of amides is 4. The van der Waals surface area contributed by atoms with Crippen LogP contribution in [0.3, 0.4) is 0 Å². The van der Waals surface area contributed by atoms with Crippen LogP contribution in [-0.2, 0) is 6.54 Å². The van der Waals surface area contributed by atoms with Crippen molar-refractivity contribution in [3.8, 4) is 22.4 Å². The number of aryl methyl sites for hydroxylation is 1. The molecule has 0 unspecified atom stereocenters. The zero-order valence-electron chi connectivity index (χ0n) is 24.2. The van der Waals surface area contributed by atoms with Gasteiger partial charge < -0.3 is 21.3 Å². The highest BCUT2D eigenvalue weighted by molar-refractivity contribution is 6.39. The summed E-state index contributed by atoms with van der Waals surface area (Å²) in [4.78, 5) is 57.6. The molecule has 4 aromatic rings. The third-order valence-corrected chi connectivity index (χ3v) is 8.26. The summed E-state index contributed by atoms with van der Waals surface area (Å²) in [6.07, 6.45) is 6.62. The molecule has 11 nitrogen and oxygen atoms in total. The molecular weight excluding hydrogens is 617 g/mol. The molecule has 13 heteroatoms. The van der Waals surface area contributed by atoms with Crippen LogP contribution in [0.25, 0.3) is 22.4 Å². The first-order valence-corrected chi connectivity index (χ1v) is 15.3. The molecule has 2 saturated carbocycles. The van der Waals surface area contributed by atoms with E-state index in [-0.39, 0.29) is 51.5 Å². The molecule has 0 atom stereocenters. The molecule has 2 aromatic heterocycles. The molecule has 0 bridgehead atoms. The maximum Gasteiger partial charge on any atom is 0.323 e. The minimum Gasteiger partial charge on any atom is -0.366 e. The lowest BCUT2D eigenvalue weighted by Crippen LogP contribution is -2.35. The highest BCUT2D eigenvalue weighted by Gasteiger charge is 2.42. The molecule has 0 radical (unpaired) electrons. The van der Waals surface area contributed by atoms with E-state index in [1.807, 2.05) is 23.1 Å². The number of halogens is 2. The fourth-order valence-electron chi connectivity index (χ4n) is 5.19. The number of hydrogen-bond donors (Lipinski definition) is 3. The summed E-state index contributed by atoms with van der Waals surface area (Å²) in [5, 5.41) is 9.87. The molecule has 45 heavy (non-hydrogen) atoms. The second-order valence-electron chi connectivity index (χ2n) is 11.0. The lowest BCUT2D eigenvalue weighted by Gasteiger charge is -2.22. The van der Waals surface area contributed by atoms with E-state index in [0.717, 1.165) is 25.7 Å². The summed E-state index contributed by atoms with van der Waals surface area (Å²) in [7, 11) is 0. The third kappa shape index (κ3) is 6.54. The number of primary amides is 1. The van der Waals surface area contributed by atoms with Crippen molar-refractivity contribution < 1.29 is 14.4 Å². The average molecular weight is 647 g/mol. The Labute approximate surface area is 268 Å². The smallest absolute Gasteiger partial charge is 0.323 e. The quantitative estimate of drug-likeness (QED) is 0.209. The number of nitrogens with two attached hydrogens (primary N) is 1. The van der Waals surface area contributed by atoms with E-state index in [4.69, 9.17) is 28.9 Å². The zero-order chi connectivity index (χ0) is 31.8. The molecule has 2 fully saturated rings. The van der Waals surface area contributed by atoms with E-state index in [1.54, 1.807) is 31.2 Å². The first-order chi connectivity index (χ1) is 21.6. The fourth-order valence-corrected chi connectivity index (χ4v) is 5.65. The summed E-state index contributed by atoms with van der Waals surface area (Å²) >= 11 is 12.2. The number of anilines is 2. The van der Waals surface area contributed by atoms with E-state index in [9.17, 15) is 19.2 Å². The SMILES string of the molecule is CCn1nc(-c2cccc(-c3cc(C(N)=O)cc(C(=O)N(C4CC4)C4CC4)c3)c2)cc(NC(=O)Nc2c(Cl)cncc2Cl)c1=O. The van der Waals surface area contributed by atoms with Crippen LogP contribution in [0.1, 0.15) is 53.3 Å². The number of aromatic nitrogens is 3. The maximum atomic E-state index is 13.6. The van der Waals surface area contributed by atoms with Gasteiger partial charge in [-0.1, -0.05) is 41.4 Å². The van der Waals surface area contributed by atoms with Crippen molar-refractivity contribution in [2.75, 3.05) is 10.6 Å². The Morgan fingerprint density at radius 3 is 2.18 bits per heavy atom. The number of benzene rings is 2. The molecule has 4 amide bonds. The number of carbonyl (C=O) groups excluding carboxylic acids is 3. The van der Waals surface area contributed by atoms with Crippen LogP contribution in [0.2, 0.25) is 10.0 Å². The van der Waals surface area contributed by atoms with Crippen molar-refractivity contribution in [2.24, 2.45) is 5.73 Å². The predicted octanol–water partition coefficient (Wildman–Crippen LogP) is 5.81. The van der Waals surface area contributed by atoms with Gasteiger partial charge in [-0.05, 0) is 74.1 Å². The number of carbonyl (C=O) groups is 3. The standard InChI is InChI=1S/C32H29Cl2N7O4/c1-2-40-31(44)27(37-32(45)38-28-24(33)15-36-16-25(28)34)14-26(39-40)18-5-3-4-17(10-18)19-11-20(29(35)42)13-21(12-19)30(43)41(22-6-7-22)23-8-9-23/h3-5,10-16,22-23H,2,6-9H2,1H3,(H2,35,42)(H2,36,37,38,45). The highest BCUT2D eigenvalue weighted by atomic mass is 35.5. The lowest BCUT2D eigenvalue weighted by molar-refractivity contribution is 0.0730. The number of nitrogens with zero attached hydrogens (tertiary/aromatic N) is 4.